The van der Waals surface area contributed by atoms with Crippen LogP contribution in [0.2, 0.25) is 0 Å². The number of amides is 1. The maximum atomic E-state index is 11.9. The number of nitrogens with one attached hydrogen (secondary N) is 2. The van der Waals surface area contributed by atoms with Gasteiger partial charge in [0.2, 0.25) is 5.91 Å². The minimum Gasteiger partial charge on any atom is -0.354 e. The first kappa shape index (κ1) is 14.8. The summed E-state index contributed by atoms with van der Waals surface area (Å²) in [6, 6.07) is 0.0790. The van der Waals surface area contributed by atoms with Gasteiger partial charge in [-0.15, -0.1) is 12.4 Å². The third-order valence-corrected chi connectivity index (χ3v) is 4.43. The van der Waals surface area contributed by atoms with Crippen molar-refractivity contribution in [3.05, 3.63) is 0 Å². The third kappa shape index (κ3) is 3.59. The third-order valence-electron chi connectivity index (χ3n) is 4.43. The van der Waals surface area contributed by atoms with Crippen LogP contribution in [0, 0.1) is 5.41 Å². The average Bonchev–Trinajstić information content (AvgIpc) is 2.98. The molecule has 100 valence electrons. The number of rotatable bonds is 4. The van der Waals surface area contributed by atoms with Crippen molar-refractivity contribution in [3.63, 3.8) is 0 Å². The molecule has 0 aromatic carbocycles. The summed E-state index contributed by atoms with van der Waals surface area (Å²) in [4.78, 5) is 11.9. The van der Waals surface area contributed by atoms with E-state index < -0.39 is 0 Å². The molecular weight excluding hydrogens is 236 g/mol. The molecule has 1 aliphatic carbocycles. The Bertz CT molecular complexity index is 246. The first-order chi connectivity index (χ1) is 7.76. The zero-order chi connectivity index (χ0) is 11.4. The molecule has 1 aliphatic heterocycles. The summed E-state index contributed by atoms with van der Waals surface area (Å²) in [5.74, 6) is 0.220. The first-order valence-corrected chi connectivity index (χ1v) is 6.77. The molecule has 17 heavy (non-hydrogen) atoms. The van der Waals surface area contributed by atoms with Crippen molar-refractivity contribution in [1.82, 2.24) is 10.6 Å². The van der Waals surface area contributed by atoms with Gasteiger partial charge in [-0.25, -0.2) is 0 Å². The lowest BCUT2D eigenvalue weighted by Crippen LogP contribution is -2.44. The van der Waals surface area contributed by atoms with Crippen molar-refractivity contribution in [2.24, 2.45) is 5.41 Å². The fraction of sp³-hybridized carbons (Fsp3) is 0.923. The van der Waals surface area contributed by atoms with E-state index in [0.717, 1.165) is 25.9 Å². The highest BCUT2D eigenvalue weighted by molar-refractivity contribution is 5.85. The Morgan fingerprint density at radius 1 is 1.35 bits per heavy atom. The van der Waals surface area contributed by atoms with Gasteiger partial charge in [0.1, 0.15) is 0 Å². The van der Waals surface area contributed by atoms with Gasteiger partial charge in [-0.3, -0.25) is 4.79 Å². The largest absolute Gasteiger partial charge is 0.354 e. The molecule has 2 aliphatic rings. The normalized spacial score (nSPS) is 26.5. The molecule has 3 nitrogen and oxygen atoms in total. The van der Waals surface area contributed by atoms with Crippen LogP contribution in [0.25, 0.3) is 0 Å². The van der Waals surface area contributed by atoms with Gasteiger partial charge < -0.3 is 10.6 Å². The van der Waals surface area contributed by atoms with Crippen molar-refractivity contribution in [2.75, 3.05) is 13.1 Å². The molecule has 1 saturated heterocycles. The molecule has 0 bridgehead atoms. The molecule has 1 saturated carbocycles. The SMILES string of the molecule is CCC1(CNC(=O)[C@@H]2CCCN2)CCCC1.Cl. The smallest absolute Gasteiger partial charge is 0.237 e. The summed E-state index contributed by atoms with van der Waals surface area (Å²) >= 11 is 0. The van der Waals surface area contributed by atoms with Crippen LogP contribution < -0.4 is 10.6 Å². The molecule has 2 rings (SSSR count). The standard InChI is InChI=1S/C13H24N2O.ClH/c1-2-13(7-3-4-8-13)10-15-12(16)11-6-5-9-14-11;/h11,14H,2-10H2,1H3,(H,15,16);1H/t11-;/m0./s1. The van der Waals surface area contributed by atoms with Gasteiger partial charge in [0.25, 0.3) is 0 Å². The summed E-state index contributed by atoms with van der Waals surface area (Å²) in [6.07, 6.45) is 8.61. The maximum Gasteiger partial charge on any atom is 0.237 e. The Morgan fingerprint density at radius 2 is 2.06 bits per heavy atom. The van der Waals surface area contributed by atoms with Crippen LogP contribution in [-0.2, 0) is 4.79 Å². The van der Waals surface area contributed by atoms with Gasteiger partial charge in [-0.2, -0.15) is 0 Å². The van der Waals surface area contributed by atoms with E-state index >= 15 is 0 Å². The van der Waals surface area contributed by atoms with Crippen molar-refractivity contribution < 1.29 is 4.79 Å². The van der Waals surface area contributed by atoms with E-state index in [1.807, 2.05) is 0 Å². The van der Waals surface area contributed by atoms with Crippen LogP contribution in [0.1, 0.15) is 51.9 Å². The zero-order valence-electron chi connectivity index (χ0n) is 10.8. The molecule has 0 aromatic rings. The fourth-order valence-electron chi connectivity index (χ4n) is 3.09. The molecular formula is C13H25ClN2O. The molecule has 0 aromatic heterocycles. The van der Waals surface area contributed by atoms with Gasteiger partial charge in [0.15, 0.2) is 0 Å². The molecule has 2 fully saturated rings. The average molecular weight is 261 g/mol. The lowest BCUT2D eigenvalue weighted by Gasteiger charge is -2.28. The Morgan fingerprint density at radius 3 is 2.59 bits per heavy atom. The Hall–Kier alpha value is -0.280. The molecule has 0 radical (unpaired) electrons. The zero-order valence-corrected chi connectivity index (χ0v) is 11.6. The first-order valence-electron chi connectivity index (χ1n) is 6.77. The van der Waals surface area contributed by atoms with Crippen molar-refractivity contribution in [1.29, 1.82) is 0 Å². The van der Waals surface area contributed by atoms with E-state index in [1.54, 1.807) is 0 Å². The molecule has 1 heterocycles. The molecule has 0 spiro atoms. The summed E-state index contributed by atoms with van der Waals surface area (Å²) in [5.41, 5.74) is 0.411. The predicted octanol–water partition coefficient (Wildman–Crippen LogP) is 2.25. The van der Waals surface area contributed by atoms with E-state index in [9.17, 15) is 4.79 Å². The molecule has 1 amide bonds. The Kier molecular flexibility index (Phi) is 5.74. The van der Waals surface area contributed by atoms with Gasteiger partial charge in [0.05, 0.1) is 6.04 Å². The Balaban J connectivity index is 0.00000144. The highest BCUT2D eigenvalue weighted by atomic mass is 35.5. The number of hydrogen-bond donors (Lipinski definition) is 2. The lowest BCUT2D eigenvalue weighted by molar-refractivity contribution is -0.123. The predicted molar refractivity (Wildman–Crippen MR) is 72.5 cm³/mol. The van der Waals surface area contributed by atoms with Gasteiger partial charge in [-0.05, 0) is 44.1 Å². The summed E-state index contributed by atoms with van der Waals surface area (Å²) < 4.78 is 0. The summed E-state index contributed by atoms with van der Waals surface area (Å²) in [5, 5.41) is 6.41. The highest BCUT2D eigenvalue weighted by Crippen LogP contribution is 2.40. The number of hydrogen-bond acceptors (Lipinski definition) is 2. The monoisotopic (exact) mass is 260 g/mol. The van der Waals surface area contributed by atoms with E-state index in [4.69, 9.17) is 0 Å². The van der Waals surface area contributed by atoms with E-state index in [2.05, 4.69) is 17.6 Å². The highest BCUT2D eigenvalue weighted by Gasteiger charge is 2.33. The van der Waals surface area contributed by atoms with Crippen LogP contribution in [0.15, 0.2) is 0 Å². The Labute approximate surface area is 111 Å². The van der Waals surface area contributed by atoms with Crippen LogP contribution in [-0.4, -0.2) is 25.0 Å². The molecule has 1 atom stereocenters. The number of halogens is 1. The number of carbonyl (C=O) groups excluding carboxylic acids is 1. The van der Waals surface area contributed by atoms with Gasteiger partial charge >= 0.3 is 0 Å². The maximum absolute atomic E-state index is 11.9. The van der Waals surface area contributed by atoms with Gasteiger partial charge in [0, 0.05) is 6.54 Å². The van der Waals surface area contributed by atoms with Crippen LogP contribution in [0.5, 0.6) is 0 Å². The van der Waals surface area contributed by atoms with Crippen LogP contribution in [0.4, 0.5) is 0 Å². The molecule has 4 heteroatoms. The lowest BCUT2D eigenvalue weighted by atomic mass is 9.83. The summed E-state index contributed by atoms with van der Waals surface area (Å²) in [6.45, 7) is 4.14. The van der Waals surface area contributed by atoms with E-state index in [1.165, 1.54) is 32.1 Å². The quantitative estimate of drug-likeness (QED) is 0.814. The second-order valence-corrected chi connectivity index (χ2v) is 5.43. The second-order valence-electron chi connectivity index (χ2n) is 5.43. The second kappa shape index (κ2) is 6.60. The molecule has 2 N–H and O–H groups in total. The van der Waals surface area contributed by atoms with Crippen molar-refractivity contribution in [3.8, 4) is 0 Å². The van der Waals surface area contributed by atoms with Crippen LogP contribution in [0.3, 0.4) is 0 Å². The summed E-state index contributed by atoms with van der Waals surface area (Å²) in [7, 11) is 0. The minimum atomic E-state index is 0. The van der Waals surface area contributed by atoms with Gasteiger partial charge in [-0.1, -0.05) is 19.8 Å². The fourth-order valence-corrected chi connectivity index (χ4v) is 3.09. The minimum absolute atomic E-state index is 0. The van der Waals surface area contributed by atoms with E-state index in [-0.39, 0.29) is 24.4 Å². The van der Waals surface area contributed by atoms with Crippen LogP contribution >= 0.6 is 12.4 Å². The number of carbonyl (C=O) groups is 1. The van der Waals surface area contributed by atoms with Crippen molar-refractivity contribution in [2.45, 2.75) is 57.9 Å². The topological polar surface area (TPSA) is 41.1 Å². The van der Waals surface area contributed by atoms with E-state index in [0.29, 0.717) is 5.41 Å². The van der Waals surface area contributed by atoms with Crippen molar-refractivity contribution >= 4 is 18.3 Å². The molecule has 0 unspecified atom stereocenters.